The van der Waals surface area contributed by atoms with Crippen LogP contribution in [0.2, 0.25) is 0 Å². The third kappa shape index (κ3) is 4.43. The zero-order chi connectivity index (χ0) is 12.9. The summed E-state index contributed by atoms with van der Waals surface area (Å²) in [5.41, 5.74) is 0. The van der Waals surface area contributed by atoms with Gasteiger partial charge in [0, 0.05) is 12.7 Å². The molecule has 7 heteroatoms. The van der Waals surface area contributed by atoms with E-state index in [2.05, 4.69) is 15.5 Å². The van der Waals surface area contributed by atoms with Crippen LogP contribution in [0.1, 0.15) is 37.3 Å². The minimum Gasteiger partial charge on any atom is -0.424 e. The van der Waals surface area contributed by atoms with Gasteiger partial charge in [-0.2, -0.15) is 0 Å². The Labute approximate surface area is 102 Å². The van der Waals surface area contributed by atoms with Crippen molar-refractivity contribution in [2.75, 3.05) is 19.3 Å². The molecule has 0 spiro atoms. The topological polar surface area (TPSA) is 85.1 Å². The van der Waals surface area contributed by atoms with Gasteiger partial charge in [-0.3, -0.25) is 0 Å². The Morgan fingerprint density at radius 1 is 1.41 bits per heavy atom. The van der Waals surface area contributed by atoms with Gasteiger partial charge in [-0.05, 0) is 26.4 Å². The minimum atomic E-state index is -3.18. The highest BCUT2D eigenvalue weighted by atomic mass is 32.2. The Bertz CT molecular complexity index is 441. The number of aromatic nitrogens is 2. The van der Waals surface area contributed by atoms with E-state index >= 15 is 0 Å². The molecule has 1 heterocycles. The molecule has 0 bridgehead atoms. The smallest absolute Gasteiger partial charge is 0.234 e. The molecular formula is C10H19N3O3S. The van der Waals surface area contributed by atoms with Crippen molar-refractivity contribution in [1.82, 2.24) is 15.5 Å². The third-order valence-electron chi connectivity index (χ3n) is 2.47. The molecule has 98 valence electrons. The van der Waals surface area contributed by atoms with Crippen molar-refractivity contribution >= 4 is 9.84 Å². The second kappa shape index (κ2) is 6.11. The van der Waals surface area contributed by atoms with Crippen LogP contribution in [-0.2, 0) is 16.3 Å². The summed E-state index contributed by atoms with van der Waals surface area (Å²) < 4.78 is 27.9. The molecule has 1 unspecified atom stereocenters. The fourth-order valence-electron chi connectivity index (χ4n) is 1.26. The van der Waals surface area contributed by atoms with Crippen LogP contribution in [0.15, 0.2) is 4.42 Å². The maximum Gasteiger partial charge on any atom is 0.234 e. The van der Waals surface area contributed by atoms with Gasteiger partial charge in [0.15, 0.2) is 9.84 Å². The molecule has 1 aromatic rings. The van der Waals surface area contributed by atoms with Crippen LogP contribution in [0.3, 0.4) is 0 Å². The first-order valence-electron chi connectivity index (χ1n) is 5.67. The zero-order valence-electron chi connectivity index (χ0n) is 10.4. The summed E-state index contributed by atoms with van der Waals surface area (Å²) in [4.78, 5) is 0. The molecule has 1 N–H and O–H groups in total. The van der Waals surface area contributed by atoms with Crippen LogP contribution in [0.5, 0.6) is 0 Å². The lowest BCUT2D eigenvalue weighted by Gasteiger charge is -2.02. The van der Waals surface area contributed by atoms with Gasteiger partial charge in [0.1, 0.15) is 5.25 Å². The van der Waals surface area contributed by atoms with Crippen LogP contribution in [0.4, 0.5) is 0 Å². The minimum absolute atomic E-state index is 0.172. The van der Waals surface area contributed by atoms with Gasteiger partial charge in [0.2, 0.25) is 11.8 Å². The SMILES string of the molecule is CCNCCCc1nnc(C(C)S(C)(=O)=O)o1. The summed E-state index contributed by atoms with van der Waals surface area (Å²) in [6.45, 7) is 5.40. The molecule has 0 saturated heterocycles. The molecule has 1 atom stereocenters. The number of rotatable bonds is 7. The van der Waals surface area contributed by atoms with E-state index in [4.69, 9.17) is 4.42 Å². The fraction of sp³-hybridized carbons (Fsp3) is 0.800. The van der Waals surface area contributed by atoms with E-state index in [1.165, 1.54) is 0 Å². The summed E-state index contributed by atoms with van der Waals surface area (Å²) in [6.07, 6.45) is 2.71. The van der Waals surface area contributed by atoms with Gasteiger partial charge in [0.25, 0.3) is 0 Å². The molecule has 0 aromatic carbocycles. The molecule has 1 rings (SSSR count). The maximum absolute atomic E-state index is 11.3. The van der Waals surface area contributed by atoms with Gasteiger partial charge >= 0.3 is 0 Å². The van der Waals surface area contributed by atoms with E-state index in [9.17, 15) is 8.42 Å². The Hall–Kier alpha value is -0.950. The second-order valence-electron chi connectivity index (χ2n) is 3.96. The molecule has 0 radical (unpaired) electrons. The monoisotopic (exact) mass is 261 g/mol. The number of hydrogen-bond donors (Lipinski definition) is 1. The van der Waals surface area contributed by atoms with Crippen LogP contribution < -0.4 is 5.32 Å². The highest BCUT2D eigenvalue weighted by Gasteiger charge is 2.23. The molecule has 1 aromatic heterocycles. The summed E-state index contributed by atoms with van der Waals surface area (Å²) in [5, 5.41) is 10.1. The highest BCUT2D eigenvalue weighted by molar-refractivity contribution is 7.90. The second-order valence-corrected chi connectivity index (χ2v) is 6.33. The lowest BCUT2D eigenvalue weighted by molar-refractivity contribution is 0.439. The van der Waals surface area contributed by atoms with Crippen LogP contribution in [0.25, 0.3) is 0 Å². The van der Waals surface area contributed by atoms with Crippen molar-refractivity contribution in [2.24, 2.45) is 0 Å². The predicted octanol–water partition coefficient (Wildman–Crippen LogP) is 0.717. The number of aryl methyl sites for hydroxylation is 1. The summed E-state index contributed by atoms with van der Waals surface area (Å²) in [5.74, 6) is 0.666. The van der Waals surface area contributed by atoms with Gasteiger partial charge in [0.05, 0.1) is 0 Å². The van der Waals surface area contributed by atoms with Crippen molar-refractivity contribution in [3.05, 3.63) is 11.8 Å². The Balaban J connectivity index is 2.54. The third-order valence-corrected chi connectivity index (χ3v) is 3.95. The molecular weight excluding hydrogens is 242 g/mol. The van der Waals surface area contributed by atoms with Crippen molar-refractivity contribution in [3.8, 4) is 0 Å². The fourth-order valence-corrected chi connectivity index (χ4v) is 1.72. The summed E-state index contributed by atoms with van der Waals surface area (Å²) in [6, 6.07) is 0. The van der Waals surface area contributed by atoms with Gasteiger partial charge in [-0.1, -0.05) is 6.92 Å². The van der Waals surface area contributed by atoms with Crippen molar-refractivity contribution in [1.29, 1.82) is 0 Å². The number of nitrogens with zero attached hydrogens (tertiary/aromatic N) is 2. The summed E-state index contributed by atoms with van der Waals surface area (Å²) in [7, 11) is -3.18. The van der Waals surface area contributed by atoms with E-state index < -0.39 is 15.1 Å². The van der Waals surface area contributed by atoms with Crippen molar-refractivity contribution < 1.29 is 12.8 Å². The lowest BCUT2D eigenvalue weighted by atomic mass is 10.3. The van der Waals surface area contributed by atoms with Crippen molar-refractivity contribution in [3.63, 3.8) is 0 Å². The molecule has 0 aliphatic rings. The van der Waals surface area contributed by atoms with E-state index in [-0.39, 0.29) is 5.89 Å². The maximum atomic E-state index is 11.3. The lowest BCUT2D eigenvalue weighted by Crippen LogP contribution is -2.14. The first kappa shape index (κ1) is 14.1. The number of nitrogens with one attached hydrogen (secondary N) is 1. The molecule has 0 aliphatic carbocycles. The summed E-state index contributed by atoms with van der Waals surface area (Å²) >= 11 is 0. The molecule has 0 aliphatic heterocycles. The van der Waals surface area contributed by atoms with Crippen LogP contribution in [-0.4, -0.2) is 38.0 Å². The zero-order valence-corrected chi connectivity index (χ0v) is 11.2. The quantitative estimate of drug-likeness (QED) is 0.728. The van der Waals surface area contributed by atoms with Crippen molar-refractivity contribution in [2.45, 2.75) is 31.9 Å². The largest absolute Gasteiger partial charge is 0.424 e. The predicted molar refractivity (Wildman–Crippen MR) is 64.4 cm³/mol. The highest BCUT2D eigenvalue weighted by Crippen LogP contribution is 2.19. The molecule has 17 heavy (non-hydrogen) atoms. The van der Waals surface area contributed by atoms with Crippen LogP contribution in [0, 0.1) is 0 Å². The molecule has 0 amide bonds. The molecule has 6 nitrogen and oxygen atoms in total. The Morgan fingerprint density at radius 2 is 2.12 bits per heavy atom. The average molecular weight is 261 g/mol. The molecule has 0 fully saturated rings. The van der Waals surface area contributed by atoms with E-state index in [1.807, 2.05) is 6.92 Å². The average Bonchev–Trinajstić information content (AvgIpc) is 2.70. The molecule has 0 saturated carbocycles. The normalized spacial score (nSPS) is 13.8. The number of sulfone groups is 1. The van der Waals surface area contributed by atoms with E-state index in [0.717, 1.165) is 25.8 Å². The van der Waals surface area contributed by atoms with Gasteiger partial charge < -0.3 is 9.73 Å². The standard InChI is InChI=1S/C10H19N3O3S/c1-4-11-7-5-6-9-12-13-10(16-9)8(2)17(3,14)15/h8,11H,4-7H2,1-3H3. The Kier molecular flexibility index (Phi) is 5.07. The first-order chi connectivity index (χ1) is 7.95. The number of hydrogen-bond acceptors (Lipinski definition) is 6. The first-order valence-corrected chi connectivity index (χ1v) is 7.62. The van der Waals surface area contributed by atoms with E-state index in [1.54, 1.807) is 6.92 Å². The van der Waals surface area contributed by atoms with Crippen LogP contribution >= 0.6 is 0 Å². The van der Waals surface area contributed by atoms with Gasteiger partial charge in [-0.15, -0.1) is 10.2 Å². The van der Waals surface area contributed by atoms with E-state index in [0.29, 0.717) is 12.3 Å². The van der Waals surface area contributed by atoms with Gasteiger partial charge in [-0.25, -0.2) is 8.42 Å². The Morgan fingerprint density at radius 3 is 2.71 bits per heavy atom.